The van der Waals surface area contributed by atoms with Crippen molar-refractivity contribution in [1.82, 2.24) is 0 Å². The van der Waals surface area contributed by atoms with Crippen molar-refractivity contribution in [1.29, 1.82) is 0 Å². The van der Waals surface area contributed by atoms with E-state index in [9.17, 15) is 4.79 Å². The molecule has 3 nitrogen and oxygen atoms in total. The quantitative estimate of drug-likeness (QED) is 0.773. The normalized spacial score (nSPS) is 10.5. The molecule has 0 heterocycles. The van der Waals surface area contributed by atoms with Crippen molar-refractivity contribution in [2.45, 2.75) is 26.4 Å². The van der Waals surface area contributed by atoms with Crippen molar-refractivity contribution in [3.63, 3.8) is 0 Å². The Bertz CT molecular complexity index is 600. The van der Waals surface area contributed by atoms with Gasteiger partial charge in [0.2, 0.25) is 0 Å². The number of hydrogen-bond donors (Lipinski definition) is 0. The predicted octanol–water partition coefficient (Wildman–Crippen LogP) is 4.18. The molecule has 0 aliphatic heterocycles. The van der Waals surface area contributed by atoms with Gasteiger partial charge in [-0.25, -0.2) is 4.79 Å². The highest BCUT2D eigenvalue weighted by molar-refractivity contribution is 5.89. The summed E-state index contributed by atoms with van der Waals surface area (Å²) in [6.45, 7) is 4.74. The van der Waals surface area contributed by atoms with Crippen LogP contribution in [0.4, 0.5) is 0 Å². The Morgan fingerprint density at radius 3 is 2.43 bits per heavy atom. The molecule has 0 N–H and O–H groups in total. The van der Waals surface area contributed by atoms with Crippen LogP contribution in [0.2, 0.25) is 0 Å². The minimum absolute atomic E-state index is 0.335. The molecule has 0 aromatic heterocycles. The highest BCUT2D eigenvalue weighted by Crippen LogP contribution is 2.19. The molecule has 0 radical (unpaired) electrons. The first kappa shape index (κ1) is 15.1. The van der Waals surface area contributed by atoms with Gasteiger partial charge in [-0.2, -0.15) is 0 Å². The van der Waals surface area contributed by atoms with Crippen LogP contribution in [0.3, 0.4) is 0 Å². The lowest BCUT2D eigenvalue weighted by atomic mass is 10.0. The molecule has 0 unspecified atom stereocenters. The Hall–Kier alpha value is -2.29. The molecule has 0 aliphatic carbocycles. The molecule has 110 valence electrons. The molecule has 0 aliphatic rings. The topological polar surface area (TPSA) is 35.5 Å². The first-order chi connectivity index (χ1) is 10.1. The number of benzene rings is 2. The zero-order valence-corrected chi connectivity index (χ0v) is 12.6. The lowest BCUT2D eigenvalue weighted by Gasteiger charge is -2.09. The molecule has 0 spiro atoms. The summed E-state index contributed by atoms with van der Waals surface area (Å²) in [7, 11) is 1.38. The van der Waals surface area contributed by atoms with Crippen LogP contribution in [0.25, 0.3) is 0 Å². The summed E-state index contributed by atoms with van der Waals surface area (Å²) >= 11 is 0. The zero-order chi connectivity index (χ0) is 15.2. The third-order valence-electron chi connectivity index (χ3n) is 3.30. The second-order valence-corrected chi connectivity index (χ2v) is 5.20. The van der Waals surface area contributed by atoms with Gasteiger partial charge in [-0.3, -0.25) is 0 Å². The molecule has 0 saturated carbocycles. The number of hydrogen-bond acceptors (Lipinski definition) is 3. The van der Waals surface area contributed by atoms with Gasteiger partial charge >= 0.3 is 5.97 Å². The number of carbonyl (C=O) groups is 1. The van der Waals surface area contributed by atoms with Crippen LogP contribution >= 0.6 is 0 Å². The van der Waals surface area contributed by atoms with Crippen LogP contribution in [0.5, 0.6) is 5.75 Å². The van der Waals surface area contributed by atoms with Gasteiger partial charge in [0.05, 0.1) is 12.7 Å². The van der Waals surface area contributed by atoms with E-state index >= 15 is 0 Å². The van der Waals surface area contributed by atoms with Crippen molar-refractivity contribution >= 4 is 5.97 Å². The Labute approximate surface area is 125 Å². The van der Waals surface area contributed by atoms with Crippen LogP contribution in [-0.2, 0) is 11.3 Å². The molecule has 0 bridgehead atoms. The molecular formula is C18H20O3. The average Bonchev–Trinajstić information content (AvgIpc) is 2.52. The average molecular weight is 284 g/mol. The fourth-order valence-electron chi connectivity index (χ4n) is 2.02. The highest BCUT2D eigenvalue weighted by Gasteiger charge is 2.06. The lowest BCUT2D eigenvalue weighted by Crippen LogP contribution is -2.03. The largest absolute Gasteiger partial charge is 0.489 e. The summed E-state index contributed by atoms with van der Waals surface area (Å²) < 4.78 is 10.5. The minimum atomic E-state index is -0.335. The highest BCUT2D eigenvalue weighted by atomic mass is 16.5. The summed E-state index contributed by atoms with van der Waals surface area (Å²) in [5, 5.41) is 0. The number of rotatable bonds is 5. The van der Waals surface area contributed by atoms with Gasteiger partial charge in [-0.15, -0.1) is 0 Å². The molecule has 2 aromatic carbocycles. The van der Waals surface area contributed by atoms with Gasteiger partial charge in [0.1, 0.15) is 12.4 Å². The van der Waals surface area contributed by atoms with Crippen LogP contribution in [0.1, 0.15) is 41.3 Å². The van der Waals surface area contributed by atoms with Gasteiger partial charge in [-0.1, -0.05) is 38.1 Å². The Kier molecular flexibility index (Phi) is 4.99. The Morgan fingerprint density at radius 2 is 1.81 bits per heavy atom. The van der Waals surface area contributed by atoms with Crippen LogP contribution < -0.4 is 4.74 Å². The van der Waals surface area contributed by atoms with Gasteiger partial charge in [0.25, 0.3) is 0 Å². The van der Waals surface area contributed by atoms with Gasteiger partial charge in [0.15, 0.2) is 0 Å². The van der Waals surface area contributed by atoms with E-state index in [1.165, 1.54) is 12.7 Å². The van der Waals surface area contributed by atoms with Crippen LogP contribution in [-0.4, -0.2) is 13.1 Å². The van der Waals surface area contributed by atoms with Gasteiger partial charge in [-0.05, 0) is 41.3 Å². The smallest absolute Gasteiger partial charge is 0.337 e. The number of carbonyl (C=O) groups excluding carboxylic acids is 1. The van der Waals surface area contributed by atoms with E-state index in [4.69, 9.17) is 9.47 Å². The Morgan fingerprint density at radius 1 is 1.10 bits per heavy atom. The molecular weight excluding hydrogens is 264 g/mol. The summed E-state index contributed by atoms with van der Waals surface area (Å²) in [4.78, 5) is 11.5. The fraction of sp³-hybridized carbons (Fsp3) is 0.278. The van der Waals surface area contributed by atoms with E-state index in [-0.39, 0.29) is 5.97 Å². The first-order valence-corrected chi connectivity index (χ1v) is 7.00. The number of esters is 1. The van der Waals surface area contributed by atoms with E-state index < -0.39 is 0 Å². The minimum Gasteiger partial charge on any atom is -0.489 e. The molecule has 3 heteroatoms. The van der Waals surface area contributed by atoms with E-state index in [0.717, 1.165) is 11.3 Å². The second kappa shape index (κ2) is 6.93. The summed E-state index contributed by atoms with van der Waals surface area (Å²) in [6, 6.07) is 15.4. The van der Waals surface area contributed by atoms with E-state index in [1.807, 2.05) is 24.3 Å². The third-order valence-corrected chi connectivity index (χ3v) is 3.30. The SMILES string of the molecule is COC(=O)c1cccc(COc2ccc(C(C)C)cc2)c1. The number of methoxy groups -OCH3 is 1. The summed E-state index contributed by atoms with van der Waals surface area (Å²) in [5.74, 6) is 0.997. The molecule has 2 rings (SSSR count). The van der Waals surface area contributed by atoms with Gasteiger partial charge in [0, 0.05) is 0 Å². The third kappa shape index (κ3) is 4.09. The van der Waals surface area contributed by atoms with Crippen LogP contribution in [0, 0.1) is 0 Å². The maximum absolute atomic E-state index is 11.5. The van der Waals surface area contributed by atoms with Crippen molar-refractivity contribution in [3.05, 3.63) is 65.2 Å². The molecule has 0 saturated heterocycles. The second-order valence-electron chi connectivity index (χ2n) is 5.20. The van der Waals surface area contributed by atoms with Crippen molar-refractivity contribution in [2.24, 2.45) is 0 Å². The fourth-order valence-corrected chi connectivity index (χ4v) is 2.02. The standard InChI is InChI=1S/C18H20O3/c1-13(2)15-7-9-17(10-8-15)21-12-14-5-4-6-16(11-14)18(19)20-3/h4-11,13H,12H2,1-3H3. The molecule has 0 fully saturated rings. The molecule has 0 atom stereocenters. The first-order valence-electron chi connectivity index (χ1n) is 7.00. The van der Waals surface area contributed by atoms with Gasteiger partial charge < -0.3 is 9.47 Å². The maximum atomic E-state index is 11.5. The van der Waals surface area contributed by atoms with E-state index in [1.54, 1.807) is 12.1 Å². The maximum Gasteiger partial charge on any atom is 0.337 e. The summed E-state index contributed by atoms with van der Waals surface area (Å²) in [6.07, 6.45) is 0. The monoisotopic (exact) mass is 284 g/mol. The molecule has 21 heavy (non-hydrogen) atoms. The molecule has 2 aromatic rings. The summed E-state index contributed by atoms with van der Waals surface area (Å²) in [5.41, 5.74) is 2.76. The Balaban J connectivity index is 2.01. The van der Waals surface area contributed by atoms with Crippen LogP contribution in [0.15, 0.2) is 48.5 Å². The van der Waals surface area contributed by atoms with E-state index in [0.29, 0.717) is 18.1 Å². The van der Waals surface area contributed by atoms with Crippen molar-refractivity contribution in [2.75, 3.05) is 7.11 Å². The van der Waals surface area contributed by atoms with Crippen molar-refractivity contribution < 1.29 is 14.3 Å². The predicted molar refractivity (Wildman–Crippen MR) is 82.6 cm³/mol. The van der Waals surface area contributed by atoms with E-state index in [2.05, 4.69) is 26.0 Å². The lowest BCUT2D eigenvalue weighted by molar-refractivity contribution is 0.0600. The van der Waals surface area contributed by atoms with Crippen molar-refractivity contribution in [3.8, 4) is 5.75 Å². The number of ether oxygens (including phenoxy) is 2. The zero-order valence-electron chi connectivity index (χ0n) is 12.6. The molecule has 0 amide bonds.